The topological polar surface area (TPSA) is 70.6 Å². The maximum atomic E-state index is 12.8. The molecule has 3 rings (SSSR count). The maximum absolute atomic E-state index is 12.8. The predicted molar refractivity (Wildman–Crippen MR) is 99.4 cm³/mol. The minimum atomic E-state index is -3.55. The van der Waals surface area contributed by atoms with Crippen LogP contribution in [0.15, 0.2) is 52.0 Å². The average Bonchev–Trinajstić information content (AvgIpc) is 2.62. The van der Waals surface area contributed by atoms with Crippen LogP contribution in [0.4, 0.5) is 5.82 Å². The molecule has 1 aromatic heterocycles. The molecule has 1 aromatic carbocycles. The Balaban J connectivity index is 1.70. The van der Waals surface area contributed by atoms with Crippen molar-refractivity contribution in [2.24, 2.45) is 0 Å². The average molecular weight is 424 g/mol. The van der Waals surface area contributed by atoms with E-state index in [1.54, 1.807) is 18.3 Å². The van der Waals surface area contributed by atoms with Crippen molar-refractivity contribution in [3.63, 3.8) is 0 Å². The van der Waals surface area contributed by atoms with Gasteiger partial charge in [0.1, 0.15) is 5.82 Å². The predicted octanol–water partition coefficient (Wildman–Crippen LogP) is 2.56. The Bertz CT molecular complexity index is 859. The molecule has 0 radical (unpaired) electrons. The van der Waals surface area contributed by atoms with Crippen molar-refractivity contribution in [2.75, 3.05) is 31.1 Å². The number of halogens is 1. The largest absolute Gasteiger partial charge is 0.354 e. The summed E-state index contributed by atoms with van der Waals surface area (Å²) in [6.07, 6.45) is 1.73. The van der Waals surface area contributed by atoms with Gasteiger partial charge in [0.2, 0.25) is 10.0 Å². The van der Waals surface area contributed by atoms with Crippen molar-refractivity contribution in [2.45, 2.75) is 11.8 Å². The van der Waals surface area contributed by atoms with Crippen LogP contribution < -0.4 is 4.90 Å². The molecular formula is C17H18BrN3O3S. The standard InChI is InChI=1S/C17H18BrN3O3S/c1-13(22)14-2-5-16(6-3-14)25(23,24)21-10-8-20(9-11-21)17-7-4-15(18)12-19-17/h2-7,12H,8-11H2,1H3. The van der Waals surface area contributed by atoms with Crippen LogP contribution in [0.25, 0.3) is 0 Å². The van der Waals surface area contributed by atoms with E-state index in [4.69, 9.17) is 0 Å². The molecule has 0 saturated carbocycles. The lowest BCUT2D eigenvalue weighted by molar-refractivity contribution is 0.101. The van der Waals surface area contributed by atoms with Gasteiger partial charge in [0.25, 0.3) is 0 Å². The number of aromatic nitrogens is 1. The van der Waals surface area contributed by atoms with E-state index in [1.807, 2.05) is 12.1 Å². The third kappa shape index (κ3) is 3.91. The number of Topliss-reactive ketones (excluding diaryl/α,β-unsaturated/α-hetero) is 1. The summed E-state index contributed by atoms with van der Waals surface area (Å²) in [5, 5.41) is 0. The molecule has 1 aliphatic heterocycles. The molecule has 2 aromatic rings. The first kappa shape index (κ1) is 18.0. The van der Waals surface area contributed by atoms with Gasteiger partial charge in [-0.3, -0.25) is 4.79 Å². The molecule has 0 atom stereocenters. The molecule has 0 unspecified atom stereocenters. The van der Waals surface area contributed by atoms with E-state index in [2.05, 4.69) is 25.8 Å². The Labute approximate surface area is 155 Å². The van der Waals surface area contributed by atoms with Crippen LogP contribution in [0.1, 0.15) is 17.3 Å². The number of piperazine rings is 1. The van der Waals surface area contributed by atoms with Gasteiger partial charge in [-0.2, -0.15) is 4.31 Å². The van der Waals surface area contributed by atoms with E-state index in [0.717, 1.165) is 10.3 Å². The summed E-state index contributed by atoms with van der Waals surface area (Å²) in [5.41, 5.74) is 0.505. The van der Waals surface area contributed by atoms with Gasteiger partial charge >= 0.3 is 0 Å². The number of ketones is 1. The van der Waals surface area contributed by atoms with E-state index >= 15 is 0 Å². The molecule has 6 nitrogen and oxygen atoms in total. The van der Waals surface area contributed by atoms with Crippen LogP contribution in [0.5, 0.6) is 0 Å². The van der Waals surface area contributed by atoms with Crippen LogP contribution in [0.3, 0.4) is 0 Å². The lowest BCUT2D eigenvalue weighted by Gasteiger charge is -2.34. The molecule has 132 valence electrons. The highest BCUT2D eigenvalue weighted by Crippen LogP contribution is 2.21. The smallest absolute Gasteiger partial charge is 0.243 e. The van der Waals surface area contributed by atoms with Gasteiger partial charge in [0.15, 0.2) is 5.78 Å². The fraction of sp³-hybridized carbons (Fsp3) is 0.294. The summed E-state index contributed by atoms with van der Waals surface area (Å²) in [6.45, 7) is 3.42. The van der Waals surface area contributed by atoms with Crippen LogP contribution in [-0.4, -0.2) is 49.7 Å². The molecule has 1 saturated heterocycles. The molecule has 1 fully saturated rings. The van der Waals surface area contributed by atoms with Crippen molar-refractivity contribution in [1.82, 2.24) is 9.29 Å². The Hall–Kier alpha value is -1.77. The van der Waals surface area contributed by atoms with Crippen LogP contribution in [-0.2, 0) is 10.0 Å². The highest BCUT2D eigenvalue weighted by atomic mass is 79.9. The zero-order valence-electron chi connectivity index (χ0n) is 13.7. The first-order valence-electron chi connectivity index (χ1n) is 7.85. The minimum absolute atomic E-state index is 0.0837. The van der Waals surface area contributed by atoms with Crippen molar-refractivity contribution < 1.29 is 13.2 Å². The Kier molecular flexibility index (Phi) is 5.21. The highest BCUT2D eigenvalue weighted by molar-refractivity contribution is 9.10. The minimum Gasteiger partial charge on any atom is -0.354 e. The summed E-state index contributed by atoms with van der Waals surface area (Å²) in [5.74, 6) is 0.755. The zero-order valence-corrected chi connectivity index (χ0v) is 16.1. The van der Waals surface area contributed by atoms with Gasteiger partial charge in [-0.15, -0.1) is 0 Å². The van der Waals surface area contributed by atoms with Gasteiger partial charge in [0, 0.05) is 42.4 Å². The number of nitrogens with zero attached hydrogens (tertiary/aromatic N) is 3. The van der Waals surface area contributed by atoms with Crippen molar-refractivity contribution in [1.29, 1.82) is 0 Å². The van der Waals surface area contributed by atoms with Crippen molar-refractivity contribution >= 4 is 37.6 Å². The van der Waals surface area contributed by atoms with E-state index in [1.165, 1.54) is 23.4 Å². The van der Waals surface area contributed by atoms with Crippen LogP contribution >= 0.6 is 15.9 Å². The third-order valence-corrected chi connectivity index (χ3v) is 6.55. The molecule has 1 aliphatic rings. The van der Waals surface area contributed by atoms with Gasteiger partial charge in [-0.25, -0.2) is 13.4 Å². The summed E-state index contributed by atoms with van der Waals surface area (Å²) in [6, 6.07) is 9.93. The normalized spacial score (nSPS) is 16.0. The lowest BCUT2D eigenvalue weighted by Crippen LogP contribution is -2.48. The number of anilines is 1. The fourth-order valence-corrected chi connectivity index (χ4v) is 4.38. The quantitative estimate of drug-likeness (QED) is 0.706. The Morgan fingerprint density at radius 3 is 2.20 bits per heavy atom. The first-order chi connectivity index (χ1) is 11.9. The number of sulfonamides is 1. The fourth-order valence-electron chi connectivity index (χ4n) is 2.72. The molecule has 0 bridgehead atoms. The number of carbonyl (C=O) groups excluding carboxylic acids is 1. The zero-order chi connectivity index (χ0) is 18.0. The van der Waals surface area contributed by atoms with Crippen molar-refractivity contribution in [3.8, 4) is 0 Å². The Morgan fingerprint density at radius 2 is 1.68 bits per heavy atom. The van der Waals surface area contributed by atoms with Crippen molar-refractivity contribution in [3.05, 3.63) is 52.6 Å². The van der Waals surface area contributed by atoms with Gasteiger partial charge in [-0.05, 0) is 47.1 Å². The molecular weight excluding hydrogens is 406 g/mol. The summed E-state index contributed by atoms with van der Waals surface area (Å²) in [7, 11) is -3.55. The van der Waals surface area contributed by atoms with E-state index < -0.39 is 10.0 Å². The number of benzene rings is 1. The second-order valence-corrected chi connectivity index (χ2v) is 8.66. The molecule has 0 aliphatic carbocycles. The van der Waals surface area contributed by atoms with Gasteiger partial charge in [0.05, 0.1) is 4.90 Å². The second kappa shape index (κ2) is 7.23. The molecule has 0 N–H and O–H groups in total. The van der Waals surface area contributed by atoms with Gasteiger partial charge in [-0.1, -0.05) is 12.1 Å². The molecule has 0 spiro atoms. The molecule has 2 heterocycles. The number of carbonyl (C=O) groups is 1. The first-order valence-corrected chi connectivity index (χ1v) is 10.1. The third-order valence-electron chi connectivity index (χ3n) is 4.17. The number of pyridine rings is 1. The molecule has 8 heteroatoms. The number of hydrogen-bond acceptors (Lipinski definition) is 5. The number of hydrogen-bond donors (Lipinski definition) is 0. The Morgan fingerprint density at radius 1 is 1.04 bits per heavy atom. The van der Waals surface area contributed by atoms with Crippen LogP contribution in [0.2, 0.25) is 0 Å². The summed E-state index contributed by atoms with van der Waals surface area (Å²) in [4.78, 5) is 18.0. The molecule has 0 amide bonds. The summed E-state index contributed by atoms with van der Waals surface area (Å²) >= 11 is 3.36. The van der Waals surface area contributed by atoms with Gasteiger partial charge < -0.3 is 4.90 Å². The van der Waals surface area contributed by atoms with E-state index in [9.17, 15) is 13.2 Å². The van der Waals surface area contributed by atoms with Crippen LogP contribution in [0, 0.1) is 0 Å². The SMILES string of the molecule is CC(=O)c1ccc(S(=O)(=O)N2CCN(c3ccc(Br)cn3)CC2)cc1. The monoisotopic (exact) mass is 423 g/mol. The number of rotatable bonds is 4. The van der Waals surface area contributed by atoms with E-state index in [-0.39, 0.29) is 10.7 Å². The highest BCUT2D eigenvalue weighted by Gasteiger charge is 2.28. The molecule has 25 heavy (non-hydrogen) atoms. The second-order valence-electron chi connectivity index (χ2n) is 5.81. The summed E-state index contributed by atoms with van der Waals surface area (Å²) < 4.78 is 27.9. The lowest BCUT2D eigenvalue weighted by atomic mass is 10.2. The maximum Gasteiger partial charge on any atom is 0.243 e. The van der Waals surface area contributed by atoms with E-state index in [0.29, 0.717) is 31.7 Å².